The number of rotatable bonds is 3. The number of aliphatic carboxylic acids is 1. The normalized spacial score (nSPS) is 22.0. The van der Waals surface area contributed by atoms with Gasteiger partial charge in [-0.1, -0.05) is 6.07 Å². The topological polar surface area (TPSA) is 91.7 Å². The Kier molecular flexibility index (Phi) is 7.39. The molecule has 0 saturated carbocycles. The zero-order valence-corrected chi connectivity index (χ0v) is 16.8. The minimum Gasteiger partial charge on any atom is -0.475 e. The van der Waals surface area contributed by atoms with Gasteiger partial charge in [-0.3, -0.25) is 14.9 Å². The molecule has 2 fully saturated rings. The molecule has 2 aliphatic heterocycles. The first kappa shape index (κ1) is 22.9. The molecule has 4 rings (SSSR count). The molecule has 2 aromatic rings. The smallest absolute Gasteiger partial charge is 0.475 e. The number of aromatic nitrogens is 3. The van der Waals surface area contributed by atoms with E-state index < -0.39 is 12.1 Å². The summed E-state index contributed by atoms with van der Waals surface area (Å²) in [6, 6.07) is 4.14. The first-order valence-electron chi connectivity index (χ1n) is 9.84. The molecule has 1 atom stereocenters. The fraction of sp³-hybridized carbons (Fsp3) is 0.500. The number of carbonyl (C=O) groups is 1. The van der Waals surface area contributed by atoms with Gasteiger partial charge >= 0.3 is 12.1 Å². The van der Waals surface area contributed by atoms with Crippen molar-refractivity contribution >= 4 is 11.8 Å². The Morgan fingerprint density at radius 1 is 1.16 bits per heavy atom. The van der Waals surface area contributed by atoms with Crippen LogP contribution < -0.4 is 4.90 Å². The van der Waals surface area contributed by atoms with Crippen molar-refractivity contribution < 1.29 is 27.8 Å². The molecule has 8 nitrogen and oxygen atoms in total. The molecular weight excluding hydrogens is 415 g/mol. The second-order valence-electron chi connectivity index (χ2n) is 7.50. The summed E-state index contributed by atoms with van der Waals surface area (Å²) in [6.07, 6.45) is 6.24. The molecule has 2 saturated heterocycles. The highest BCUT2D eigenvalue weighted by Gasteiger charge is 2.41. The number of piperidine rings is 1. The van der Waals surface area contributed by atoms with Gasteiger partial charge in [0.05, 0.1) is 18.4 Å². The van der Waals surface area contributed by atoms with Crippen LogP contribution in [0.1, 0.15) is 18.4 Å². The summed E-state index contributed by atoms with van der Waals surface area (Å²) in [5, 5.41) is 7.12. The minimum absolute atomic E-state index is 0.101. The Balaban J connectivity index is 0.000000339. The number of halogens is 3. The van der Waals surface area contributed by atoms with Crippen molar-refractivity contribution in [3.8, 4) is 0 Å². The molecule has 31 heavy (non-hydrogen) atoms. The number of hydrogen-bond donors (Lipinski definition) is 1. The monoisotopic (exact) mass is 439 g/mol. The molecule has 4 heterocycles. The van der Waals surface area contributed by atoms with Gasteiger partial charge < -0.3 is 14.7 Å². The van der Waals surface area contributed by atoms with Gasteiger partial charge in [0.15, 0.2) is 0 Å². The molecule has 2 aliphatic rings. The van der Waals surface area contributed by atoms with Gasteiger partial charge in [-0.25, -0.2) is 9.78 Å². The van der Waals surface area contributed by atoms with E-state index in [1.165, 1.54) is 5.56 Å². The van der Waals surface area contributed by atoms with Gasteiger partial charge in [0.25, 0.3) is 0 Å². The largest absolute Gasteiger partial charge is 0.490 e. The Hall–Kier alpha value is -2.79. The van der Waals surface area contributed by atoms with Crippen LogP contribution >= 0.6 is 0 Å². The van der Waals surface area contributed by atoms with E-state index in [-0.39, 0.29) is 5.60 Å². The molecule has 168 valence electrons. The summed E-state index contributed by atoms with van der Waals surface area (Å²) in [5.41, 5.74) is 1.16. The minimum atomic E-state index is -5.08. The number of nitrogens with zero attached hydrogens (tertiary/aromatic N) is 5. The molecule has 0 bridgehead atoms. The first-order chi connectivity index (χ1) is 14.8. The van der Waals surface area contributed by atoms with Gasteiger partial charge in [0.1, 0.15) is 5.82 Å². The molecule has 0 aliphatic carbocycles. The van der Waals surface area contributed by atoms with E-state index in [0.29, 0.717) is 0 Å². The molecular formula is C20H24F3N5O3. The quantitative estimate of drug-likeness (QED) is 0.780. The van der Waals surface area contributed by atoms with Crippen molar-refractivity contribution in [3.63, 3.8) is 0 Å². The van der Waals surface area contributed by atoms with Crippen LogP contribution in [0.15, 0.2) is 43.1 Å². The van der Waals surface area contributed by atoms with Gasteiger partial charge in [-0.2, -0.15) is 13.2 Å². The van der Waals surface area contributed by atoms with Crippen LogP contribution in [0.3, 0.4) is 0 Å². The predicted octanol–water partition coefficient (Wildman–Crippen LogP) is 2.38. The first-order valence-corrected chi connectivity index (χ1v) is 9.84. The molecule has 1 unspecified atom stereocenters. The van der Waals surface area contributed by atoms with Gasteiger partial charge in [0.2, 0.25) is 0 Å². The maximum Gasteiger partial charge on any atom is 0.490 e. The summed E-state index contributed by atoms with van der Waals surface area (Å²) in [4.78, 5) is 26.6. The molecule has 0 amide bonds. The highest BCUT2D eigenvalue weighted by atomic mass is 19.4. The van der Waals surface area contributed by atoms with Crippen molar-refractivity contribution in [3.05, 3.63) is 48.7 Å². The Morgan fingerprint density at radius 3 is 2.58 bits per heavy atom. The average molecular weight is 439 g/mol. The van der Waals surface area contributed by atoms with E-state index in [9.17, 15) is 13.2 Å². The number of hydrogen-bond acceptors (Lipinski definition) is 7. The van der Waals surface area contributed by atoms with Crippen molar-refractivity contribution in [2.24, 2.45) is 0 Å². The number of morpholine rings is 1. The van der Waals surface area contributed by atoms with Crippen LogP contribution in [0.25, 0.3) is 0 Å². The average Bonchev–Trinajstić information content (AvgIpc) is 2.75. The molecule has 11 heteroatoms. The number of ether oxygens (including phenoxy) is 1. The highest BCUT2D eigenvalue weighted by molar-refractivity contribution is 5.73. The maximum absolute atomic E-state index is 10.6. The van der Waals surface area contributed by atoms with Crippen LogP contribution in [-0.4, -0.2) is 75.5 Å². The van der Waals surface area contributed by atoms with Gasteiger partial charge in [-0.15, -0.1) is 0 Å². The molecule has 0 radical (unpaired) electrons. The summed E-state index contributed by atoms with van der Waals surface area (Å²) in [6.45, 7) is 5.56. The number of anilines is 1. The van der Waals surface area contributed by atoms with Crippen molar-refractivity contribution in [1.82, 2.24) is 19.9 Å². The Labute approximate surface area is 177 Å². The zero-order valence-electron chi connectivity index (χ0n) is 16.8. The molecule has 2 aromatic heterocycles. The SMILES string of the molecule is O=C(O)C(F)(F)F.c1cncc(CN2CCOC3(CCCN(c4cnccn4)C3)C2)c1. The van der Waals surface area contributed by atoms with Crippen molar-refractivity contribution in [2.45, 2.75) is 31.2 Å². The summed E-state index contributed by atoms with van der Waals surface area (Å²) in [7, 11) is 0. The fourth-order valence-corrected chi connectivity index (χ4v) is 3.80. The van der Waals surface area contributed by atoms with E-state index in [2.05, 4.69) is 30.8 Å². The summed E-state index contributed by atoms with van der Waals surface area (Å²) >= 11 is 0. The lowest BCUT2D eigenvalue weighted by Gasteiger charge is -2.48. The van der Waals surface area contributed by atoms with Crippen LogP contribution in [0, 0.1) is 0 Å². The molecule has 0 aromatic carbocycles. The van der Waals surface area contributed by atoms with E-state index in [1.54, 1.807) is 12.4 Å². The van der Waals surface area contributed by atoms with E-state index in [0.717, 1.165) is 58.0 Å². The molecule has 1 spiro atoms. The van der Waals surface area contributed by atoms with Crippen LogP contribution in [0.2, 0.25) is 0 Å². The van der Waals surface area contributed by atoms with Crippen molar-refractivity contribution in [1.29, 1.82) is 0 Å². The summed E-state index contributed by atoms with van der Waals surface area (Å²) < 4.78 is 38.0. The van der Waals surface area contributed by atoms with Crippen LogP contribution in [0.4, 0.5) is 19.0 Å². The van der Waals surface area contributed by atoms with Gasteiger partial charge in [-0.05, 0) is 24.5 Å². The third kappa shape index (κ3) is 6.59. The van der Waals surface area contributed by atoms with Crippen LogP contribution in [-0.2, 0) is 16.1 Å². The predicted molar refractivity (Wildman–Crippen MR) is 105 cm³/mol. The van der Waals surface area contributed by atoms with Crippen molar-refractivity contribution in [2.75, 3.05) is 37.7 Å². The summed E-state index contributed by atoms with van der Waals surface area (Å²) in [5.74, 6) is -1.81. The molecule has 1 N–H and O–H groups in total. The van der Waals surface area contributed by atoms with E-state index >= 15 is 0 Å². The maximum atomic E-state index is 10.6. The lowest BCUT2D eigenvalue weighted by Crippen LogP contribution is -2.59. The second-order valence-corrected chi connectivity index (χ2v) is 7.50. The highest BCUT2D eigenvalue weighted by Crippen LogP contribution is 2.31. The number of carboxylic acids is 1. The Bertz CT molecular complexity index is 837. The standard InChI is InChI=1S/C18H23N5O.C2HF3O2/c1-3-16(11-19-5-1)13-22-9-10-24-18(14-22)4-2-8-23(15-18)17-12-20-6-7-21-17;3-2(4,5)1(6)7/h1,3,5-7,11-12H,2,4,8-10,13-15H2;(H,6,7). The lowest BCUT2D eigenvalue weighted by molar-refractivity contribution is -0.192. The number of alkyl halides is 3. The van der Waals surface area contributed by atoms with Crippen LogP contribution in [0.5, 0.6) is 0 Å². The number of pyridine rings is 1. The fourth-order valence-electron chi connectivity index (χ4n) is 3.80. The zero-order chi connectivity index (χ0) is 22.3. The van der Waals surface area contributed by atoms with E-state index in [1.807, 2.05) is 24.7 Å². The second kappa shape index (κ2) is 10.0. The Morgan fingerprint density at radius 2 is 1.94 bits per heavy atom. The third-order valence-electron chi connectivity index (χ3n) is 5.11. The third-order valence-corrected chi connectivity index (χ3v) is 5.11. The number of carboxylic acid groups (broad SMARTS) is 1. The van der Waals surface area contributed by atoms with Gasteiger partial charge in [0, 0.05) is 57.5 Å². The lowest BCUT2D eigenvalue weighted by atomic mass is 9.90. The van der Waals surface area contributed by atoms with E-state index in [4.69, 9.17) is 14.6 Å².